The molecule has 3 aromatic heterocycles. The van der Waals surface area contributed by atoms with Gasteiger partial charge in [-0.3, -0.25) is 19.7 Å². The third-order valence-corrected chi connectivity index (χ3v) is 3.56. The smallest absolute Gasteiger partial charge is 0.231 e. The highest BCUT2D eigenvalue weighted by Crippen LogP contribution is 2.39. The molecular weight excluding hydrogens is 262 g/mol. The molecule has 4 rings (SSSR count). The molecule has 0 bridgehead atoms. The minimum Gasteiger partial charge on any atom is -0.285 e. The van der Waals surface area contributed by atoms with E-state index in [-0.39, 0.29) is 5.78 Å². The predicted octanol–water partition coefficient (Wildman–Crippen LogP) is 2.89. The molecule has 3 heterocycles. The van der Waals surface area contributed by atoms with Gasteiger partial charge in [-0.25, -0.2) is 0 Å². The molecule has 0 aliphatic heterocycles. The lowest BCUT2D eigenvalue weighted by atomic mass is 9.92. The highest BCUT2D eigenvalue weighted by molar-refractivity contribution is 6.36. The van der Waals surface area contributed by atoms with Crippen molar-refractivity contribution in [3.8, 4) is 11.3 Å². The summed E-state index contributed by atoms with van der Waals surface area (Å²) >= 11 is 6.21. The van der Waals surface area contributed by atoms with Crippen molar-refractivity contribution in [3.05, 3.63) is 53.2 Å². The van der Waals surface area contributed by atoms with Gasteiger partial charge >= 0.3 is 0 Å². The summed E-state index contributed by atoms with van der Waals surface area (Å²) in [6, 6.07) is 5.37. The van der Waals surface area contributed by atoms with Crippen LogP contribution in [-0.4, -0.2) is 20.7 Å². The van der Waals surface area contributed by atoms with Gasteiger partial charge in [-0.2, -0.15) is 0 Å². The Kier molecular flexibility index (Phi) is 2.00. The Morgan fingerprint density at radius 2 is 1.47 bits per heavy atom. The first-order valence-corrected chi connectivity index (χ1v) is 6.08. The molecule has 0 N–H and O–H groups in total. The van der Waals surface area contributed by atoms with Crippen molar-refractivity contribution >= 4 is 28.2 Å². The quantitative estimate of drug-likeness (QED) is 0.492. The fraction of sp³-hybridized carbons (Fsp3) is 0. The summed E-state index contributed by atoms with van der Waals surface area (Å²) in [5, 5.41) is 2.15. The first kappa shape index (κ1) is 10.6. The molecule has 0 amide bonds. The lowest BCUT2D eigenvalue weighted by molar-refractivity contribution is 0.103. The zero-order valence-corrected chi connectivity index (χ0v) is 10.3. The number of pyridine rings is 3. The fourth-order valence-electron chi connectivity index (χ4n) is 2.43. The van der Waals surface area contributed by atoms with E-state index in [2.05, 4.69) is 15.0 Å². The molecule has 3 aromatic rings. The van der Waals surface area contributed by atoms with Crippen LogP contribution >= 0.6 is 11.6 Å². The molecule has 0 saturated heterocycles. The Morgan fingerprint density at radius 3 is 2.26 bits per heavy atom. The third kappa shape index (κ3) is 1.29. The standard InChI is InChI=1S/C14H6ClN3O/c15-8-3-6-18-13-10(8)11-9-7(1-4-16-11)2-5-17-12(9)14(13)19/h1-6H. The first-order valence-electron chi connectivity index (χ1n) is 5.70. The molecule has 19 heavy (non-hydrogen) atoms. The van der Waals surface area contributed by atoms with E-state index in [1.165, 1.54) is 6.20 Å². The number of carbonyl (C=O) groups excluding carboxylic acids is 1. The van der Waals surface area contributed by atoms with Crippen LogP contribution in [0, 0.1) is 0 Å². The second kappa shape index (κ2) is 3.59. The number of halogens is 1. The van der Waals surface area contributed by atoms with E-state index in [4.69, 9.17) is 11.6 Å². The zero-order valence-electron chi connectivity index (χ0n) is 9.59. The van der Waals surface area contributed by atoms with Crippen molar-refractivity contribution in [2.75, 3.05) is 0 Å². The van der Waals surface area contributed by atoms with E-state index in [1.807, 2.05) is 12.1 Å². The molecule has 0 fully saturated rings. The topological polar surface area (TPSA) is 55.7 Å². The zero-order chi connectivity index (χ0) is 13.0. The molecule has 4 nitrogen and oxygen atoms in total. The summed E-state index contributed by atoms with van der Waals surface area (Å²) in [5.74, 6) is -0.205. The highest BCUT2D eigenvalue weighted by Gasteiger charge is 2.29. The molecule has 0 radical (unpaired) electrons. The number of fused-ring (bicyclic) bond motifs is 2. The summed E-state index contributed by atoms with van der Waals surface area (Å²) in [5.41, 5.74) is 1.98. The molecular formula is C14H6ClN3O. The molecule has 0 spiro atoms. The van der Waals surface area contributed by atoms with Crippen LogP contribution in [0.15, 0.2) is 36.8 Å². The molecule has 1 aliphatic carbocycles. The second-order valence-corrected chi connectivity index (χ2v) is 4.67. The van der Waals surface area contributed by atoms with Gasteiger partial charge < -0.3 is 0 Å². The van der Waals surface area contributed by atoms with Crippen molar-refractivity contribution < 1.29 is 4.79 Å². The molecule has 5 heteroatoms. The Hall–Kier alpha value is -2.33. The molecule has 0 aromatic carbocycles. The number of hydrogen-bond acceptors (Lipinski definition) is 4. The Labute approximate surface area is 113 Å². The molecule has 0 atom stereocenters. The van der Waals surface area contributed by atoms with E-state index < -0.39 is 0 Å². The summed E-state index contributed by atoms with van der Waals surface area (Å²) in [6.45, 7) is 0. The van der Waals surface area contributed by atoms with E-state index in [0.29, 0.717) is 27.7 Å². The maximum Gasteiger partial charge on any atom is 0.231 e. The lowest BCUT2D eigenvalue weighted by Crippen LogP contribution is -2.14. The Morgan fingerprint density at radius 1 is 0.842 bits per heavy atom. The van der Waals surface area contributed by atoms with Gasteiger partial charge in [-0.1, -0.05) is 11.6 Å². The highest BCUT2D eigenvalue weighted by atomic mass is 35.5. The maximum atomic E-state index is 12.4. The number of rotatable bonds is 0. The van der Waals surface area contributed by atoms with E-state index in [9.17, 15) is 4.79 Å². The van der Waals surface area contributed by atoms with Crippen molar-refractivity contribution in [2.24, 2.45) is 0 Å². The third-order valence-electron chi connectivity index (χ3n) is 3.24. The van der Waals surface area contributed by atoms with Gasteiger partial charge in [-0.05, 0) is 23.6 Å². The minimum absolute atomic E-state index is 0.205. The van der Waals surface area contributed by atoms with Crippen LogP contribution in [0.2, 0.25) is 5.02 Å². The average Bonchev–Trinajstić information content (AvgIpc) is 2.44. The maximum absolute atomic E-state index is 12.4. The molecule has 0 unspecified atom stereocenters. The van der Waals surface area contributed by atoms with Gasteiger partial charge in [0, 0.05) is 29.5 Å². The number of nitrogens with zero attached hydrogens (tertiary/aromatic N) is 3. The summed E-state index contributed by atoms with van der Waals surface area (Å²) in [7, 11) is 0. The van der Waals surface area contributed by atoms with Crippen LogP contribution in [0.4, 0.5) is 0 Å². The Balaban J connectivity index is 2.29. The van der Waals surface area contributed by atoms with Crippen LogP contribution in [0.3, 0.4) is 0 Å². The SMILES string of the molecule is O=C1c2nccc(Cl)c2-c2nccc3ccnc1c23. The van der Waals surface area contributed by atoms with E-state index in [1.54, 1.807) is 18.5 Å². The van der Waals surface area contributed by atoms with Crippen molar-refractivity contribution in [3.63, 3.8) is 0 Å². The van der Waals surface area contributed by atoms with Crippen LogP contribution in [0.25, 0.3) is 22.0 Å². The van der Waals surface area contributed by atoms with Crippen molar-refractivity contribution in [1.29, 1.82) is 0 Å². The summed E-state index contributed by atoms with van der Waals surface area (Å²) in [4.78, 5) is 25.1. The summed E-state index contributed by atoms with van der Waals surface area (Å²) in [6.07, 6.45) is 4.84. The van der Waals surface area contributed by atoms with Gasteiger partial charge in [0.25, 0.3) is 0 Å². The van der Waals surface area contributed by atoms with Crippen LogP contribution < -0.4 is 0 Å². The van der Waals surface area contributed by atoms with Gasteiger partial charge in [0.05, 0.1) is 10.7 Å². The van der Waals surface area contributed by atoms with Crippen LogP contribution in [-0.2, 0) is 0 Å². The average molecular weight is 268 g/mol. The van der Waals surface area contributed by atoms with Gasteiger partial charge in [-0.15, -0.1) is 0 Å². The largest absolute Gasteiger partial charge is 0.285 e. The van der Waals surface area contributed by atoms with Crippen molar-refractivity contribution in [2.45, 2.75) is 0 Å². The number of carbonyl (C=O) groups is 1. The predicted molar refractivity (Wildman–Crippen MR) is 71.2 cm³/mol. The van der Waals surface area contributed by atoms with Gasteiger partial charge in [0.2, 0.25) is 5.78 Å². The van der Waals surface area contributed by atoms with Gasteiger partial charge in [0.1, 0.15) is 11.4 Å². The number of aromatic nitrogens is 3. The van der Waals surface area contributed by atoms with Crippen molar-refractivity contribution in [1.82, 2.24) is 15.0 Å². The second-order valence-electron chi connectivity index (χ2n) is 4.26. The first-order chi connectivity index (χ1) is 9.27. The fourth-order valence-corrected chi connectivity index (χ4v) is 2.67. The van der Waals surface area contributed by atoms with Crippen LogP contribution in [0.5, 0.6) is 0 Å². The molecule has 1 aliphatic rings. The lowest BCUT2D eigenvalue weighted by Gasteiger charge is -2.17. The molecule has 90 valence electrons. The number of ketones is 1. The van der Waals surface area contributed by atoms with E-state index >= 15 is 0 Å². The summed E-state index contributed by atoms with van der Waals surface area (Å²) < 4.78 is 0. The van der Waals surface area contributed by atoms with Crippen LogP contribution in [0.1, 0.15) is 16.2 Å². The molecule has 0 saturated carbocycles. The Bertz CT molecular complexity index is 855. The van der Waals surface area contributed by atoms with Gasteiger partial charge in [0.15, 0.2) is 0 Å². The van der Waals surface area contributed by atoms with E-state index in [0.717, 1.165) is 10.8 Å². The number of hydrogen-bond donors (Lipinski definition) is 0. The minimum atomic E-state index is -0.205. The monoisotopic (exact) mass is 267 g/mol. The normalized spacial score (nSPS) is 12.6.